The second kappa shape index (κ2) is 3.96. The van der Waals surface area contributed by atoms with E-state index >= 15 is 0 Å². The maximum absolute atomic E-state index is 5.46. The van der Waals surface area contributed by atoms with Crippen molar-refractivity contribution in [2.24, 2.45) is 23.7 Å². The SMILES string of the molecule is COCC1=C(c2ccccc2)[C@H]2[C@@H]3CC[C@@H](C3)[C@@H]12. The standard InChI is InChI=1S/C17H20O/c1-18-10-14-15(11-5-3-2-4-6-11)17-13-8-7-12(9-13)16(14)17/h2-6,12-13,16-17H,7-10H2,1H3/t12-,13+,16-,17+/m0/s1. The first-order valence-electron chi connectivity index (χ1n) is 7.17. The number of fused-ring (bicyclic) bond motifs is 5. The molecule has 2 saturated carbocycles. The van der Waals surface area contributed by atoms with Gasteiger partial charge in [-0.05, 0) is 59.6 Å². The molecule has 2 bridgehead atoms. The van der Waals surface area contributed by atoms with Crippen molar-refractivity contribution in [3.8, 4) is 0 Å². The van der Waals surface area contributed by atoms with Crippen LogP contribution in [0.25, 0.3) is 5.57 Å². The molecule has 1 aromatic carbocycles. The van der Waals surface area contributed by atoms with Crippen molar-refractivity contribution >= 4 is 5.57 Å². The van der Waals surface area contributed by atoms with Gasteiger partial charge in [-0.25, -0.2) is 0 Å². The molecule has 0 radical (unpaired) electrons. The summed E-state index contributed by atoms with van der Waals surface area (Å²) in [5.74, 6) is 3.66. The topological polar surface area (TPSA) is 9.23 Å². The average Bonchev–Trinajstić information content (AvgIpc) is 2.95. The van der Waals surface area contributed by atoms with E-state index in [0.29, 0.717) is 0 Å². The predicted octanol–water partition coefficient (Wildman–Crippen LogP) is 3.76. The van der Waals surface area contributed by atoms with Gasteiger partial charge in [-0.15, -0.1) is 0 Å². The highest BCUT2D eigenvalue weighted by Gasteiger charge is 2.56. The molecule has 0 spiro atoms. The van der Waals surface area contributed by atoms with Crippen LogP contribution >= 0.6 is 0 Å². The van der Waals surface area contributed by atoms with E-state index in [4.69, 9.17) is 4.74 Å². The Kier molecular flexibility index (Phi) is 2.38. The van der Waals surface area contributed by atoms with Crippen LogP contribution in [0, 0.1) is 23.7 Å². The molecular formula is C17H20O. The lowest BCUT2D eigenvalue weighted by Crippen LogP contribution is -2.36. The first-order chi connectivity index (χ1) is 8.90. The Morgan fingerprint density at radius 1 is 1.06 bits per heavy atom. The van der Waals surface area contributed by atoms with Crippen LogP contribution in [0.15, 0.2) is 35.9 Å². The van der Waals surface area contributed by atoms with Crippen LogP contribution in [-0.2, 0) is 4.74 Å². The molecule has 0 unspecified atom stereocenters. The van der Waals surface area contributed by atoms with Gasteiger partial charge in [-0.3, -0.25) is 0 Å². The Bertz CT molecular complexity index is 488. The summed E-state index contributed by atoms with van der Waals surface area (Å²) in [4.78, 5) is 0. The highest BCUT2D eigenvalue weighted by molar-refractivity contribution is 5.78. The fraction of sp³-hybridized carbons (Fsp3) is 0.529. The van der Waals surface area contributed by atoms with Crippen molar-refractivity contribution in [1.82, 2.24) is 0 Å². The van der Waals surface area contributed by atoms with Crippen molar-refractivity contribution in [1.29, 1.82) is 0 Å². The number of rotatable bonds is 3. The molecule has 1 heteroatoms. The molecule has 0 N–H and O–H groups in total. The Labute approximate surface area is 109 Å². The summed E-state index contributed by atoms with van der Waals surface area (Å²) >= 11 is 0. The van der Waals surface area contributed by atoms with Gasteiger partial charge in [0.1, 0.15) is 0 Å². The summed E-state index contributed by atoms with van der Waals surface area (Å²) in [6.45, 7) is 0.842. The monoisotopic (exact) mass is 240 g/mol. The van der Waals surface area contributed by atoms with Crippen molar-refractivity contribution in [2.45, 2.75) is 19.3 Å². The Balaban J connectivity index is 1.77. The van der Waals surface area contributed by atoms with E-state index in [-0.39, 0.29) is 0 Å². The van der Waals surface area contributed by atoms with Gasteiger partial charge in [-0.1, -0.05) is 30.3 Å². The molecule has 0 aromatic heterocycles. The third kappa shape index (κ3) is 1.31. The number of ether oxygens (including phenoxy) is 1. The maximum atomic E-state index is 5.46. The molecule has 3 aliphatic carbocycles. The number of allylic oxidation sites excluding steroid dienone is 1. The minimum atomic E-state index is 0.842. The van der Waals surface area contributed by atoms with E-state index in [9.17, 15) is 0 Å². The number of methoxy groups -OCH3 is 1. The minimum Gasteiger partial charge on any atom is -0.380 e. The number of hydrogen-bond acceptors (Lipinski definition) is 1. The van der Waals surface area contributed by atoms with E-state index in [2.05, 4.69) is 30.3 Å². The van der Waals surface area contributed by atoms with E-state index in [1.807, 2.05) is 7.11 Å². The highest BCUT2D eigenvalue weighted by atomic mass is 16.5. The average molecular weight is 240 g/mol. The molecule has 0 aliphatic heterocycles. The van der Waals surface area contributed by atoms with Gasteiger partial charge >= 0.3 is 0 Å². The van der Waals surface area contributed by atoms with Crippen molar-refractivity contribution in [3.05, 3.63) is 41.5 Å². The van der Waals surface area contributed by atoms with Gasteiger partial charge in [0.05, 0.1) is 6.61 Å². The summed E-state index contributed by atoms with van der Waals surface area (Å²) in [5.41, 5.74) is 4.69. The quantitative estimate of drug-likeness (QED) is 0.781. The zero-order valence-electron chi connectivity index (χ0n) is 10.9. The third-order valence-corrected chi connectivity index (χ3v) is 5.38. The largest absolute Gasteiger partial charge is 0.380 e. The molecular weight excluding hydrogens is 220 g/mol. The van der Waals surface area contributed by atoms with Crippen molar-refractivity contribution < 1.29 is 4.74 Å². The van der Waals surface area contributed by atoms with Crippen LogP contribution in [0.2, 0.25) is 0 Å². The lowest BCUT2D eigenvalue weighted by molar-refractivity contribution is 0.182. The van der Waals surface area contributed by atoms with Gasteiger partial charge in [0.15, 0.2) is 0 Å². The zero-order chi connectivity index (χ0) is 12.1. The summed E-state index contributed by atoms with van der Waals surface area (Å²) in [5, 5.41) is 0. The van der Waals surface area contributed by atoms with Gasteiger partial charge in [0.25, 0.3) is 0 Å². The summed E-state index contributed by atoms with van der Waals surface area (Å²) < 4.78 is 5.46. The second-order valence-corrected chi connectivity index (χ2v) is 6.12. The van der Waals surface area contributed by atoms with E-state index in [1.54, 1.807) is 11.1 Å². The van der Waals surface area contributed by atoms with E-state index < -0.39 is 0 Å². The van der Waals surface area contributed by atoms with Crippen LogP contribution in [0.5, 0.6) is 0 Å². The molecule has 18 heavy (non-hydrogen) atoms. The first kappa shape index (κ1) is 10.8. The maximum Gasteiger partial charge on any atom is 0.0682 e. The minimum absolute atomic E-state index is 0.842. The molecule has 4 atom stereocenters. The Hall–Kier alpha value is -1.08. The lowest BCUT2D eigenvalue weighted by Gasteiger charge is -2.45. The van der Waals surface area contributed by atoms with Gasteiger partial charge in [-0.2, -0.15) is 0 Å². The summed E-state index contributed by atoms with van der Waals surface area (Å²) in [6, 6.07) is 11.0. The van der Waals surface area contributed by atoms with Gasteiger partial charge in [0, 0.05) is 7.11 Å². The number of benzene rings is 1. The molecule has 0 saturated heterocycles. The van der Waals surface area contributed by atoms with Crippen LogP contribution < -0.4 is 0 Å². The van der Waals surface area contributed by atoms with Crippen molar-refractivity contribution in [3.63, 3.8) is 0 Å². The van der Waals surface area contributed by atoms with Crippen molar-refractivity contribution in [2.75, 3.05) is 13.7 Å². The predicted molar refractivity (Wildman–Crippen MR) is 73.0 cm³/mol. The molecule has 2 fully saturated rings. The lowest BCUT2D eigenvalue weighted by atomic mass is 9.60. The van der Waals surface area contributed by atoms with Gasteiger partial charge < -0.3 is 4.74 Å². The summed E-state index contributed by atoms with van der Waals surface area (Å²) in [7, 11) is 1.83. The molecule has 0 heterocycles. The molecule has 4 rings (SSSR count). The normalized spacial score (nSPS) is 36.7. The summed E-state index contributed by atoms with van der Waals surface area (Å²) in [6.07, 6.45) is 4.39. The third-order valence-electron chi connectivity index (χ3n) is 5.38. The molecule has 1 aromatic rings. The smallest absolute Gasteiger partial charge is 0.0682 e. The molecule has 3 aliphatic rings. The van der Waals surface area contributed by atoms with Crippen LogP contribution in [0.4, 0.5) is 0 Å². The highest BCUT2D eigenvalue weighted by Crippen LogP contribution is 2.65. The Morgan fingerprint density at radius 3 is 2.50 bits per heavy atom. The van der Waals surface area contributed by atoms with Crippen LogP contribution in [-0.4, -0.2) is 13.7 Å². The Morgan fingerprint density at radius 2 is 1.78 bits per heavy atom. The van der Waals surface area contributed by atoms with Gasteiger partial charge in [0.2, 0.25) is 0 Å². The van der Waals surface area contributed by atoms with Crippen LogP contribution in [0.1, 0.15) is 24.8 Å². The first-order valence-corrected chi connectivity index (χ1v) is 7.17. The zero-order valence-corrected chi connectivity index (χ0v) is 10.9. The second-order valence-electron chi connectivity index (χ2n) is 6.12. The van der Waals surface area contributed by atoms with E-state index in [1.165, 1.54) is 24.8 Å². The molecule has 0 amide bonds. The van der Waals surface area contributed by atoms with Crippen LogP contribution in [0.3, 0.4) is 0 Å². The molecule has 94 valence electrons. The number of hydrogen-bond donors (Lipinski definition) is 0. The molecule has 1 nitrogen and oxygen atoms in total. The fourth-order valence-corrected chi connectivity index (χ4v) is 4.83. The fourth-order valence-electron chi connectivity index (χ4n) is 4.83. The van der Waals surface area contributed by atoms with E-state index in [0.717, 1.165) is 30.3 Å².